The van der Waals surface area contributed by atoms with E-state index in [9.17, 15) is 18.0 Å². The summed E-state index contributed by atoms with van der Waals surface area (Å²) in [6, 6.07) is 10.8. The molecule has 1 heterocycles. The Hall–Kier alpha value is -3.11. The van der Waals surface area contributed by atoms with Crippen LogP contribution in [0.1, 0.15) is 17.3 Å². The Morgan fingerprint density at radius 3 is 2.34 bits per heavy atom. The van der Waals surface area contributed by atoms with E-state index in [1.54, 1.807) is 30.3 Å². The molecule has 29 heavy (non-hydrogen) atoms. The van der Waals surface area contributed by atoms with E-state index in [-0.39, 0.29) is 29.8 Å². The molecule has 3 rings (SSSR count). The SMILES string of the molecule is CC(=O)Nc1ccc(C(=O)NCCNS(=O)(=O)c2ccc3c(c2)OCCO3)cc1. The van der Waals surface area contributed by atoms with Gasteiger partial charge in [-0.25, -0.2) is 13.1 Å². The van der Waals surface area contributed by atoms with Crippen LogP contribution in [0.5, 0.6) is 11.5 Å². The van der Waals surface area contributed by atoms with Crippen molar-refractivity contribution in [2.45, 2.75) is 11.8 Å². The number of amides is 2. The van der Waals surface area contributed by atoms with Crippen molar-refractivity contribution < 1.29 is 27.5 Å². The van der Waals surface area contributed by atoms with Crippen molar-refractivity contribution in [3.8, 4) is 11.5 Å². The van der Waals surface area contributed by atoms with Gasteiger partial charge in [0, 0.05) is 37.3 Å². The molecule has 0 fully saturated rings. The second-order valence-electron chi connectivity index (χ2n) is 6.22. The third-order valence-corrected chi connectivity index (χ3v) is 5.45. The van der Waals surface area contributed by atoms with E-state index in [1.807, 2.05) is 0 Å². The van der Waals surface area contributed by atoms with Crippen molar-refractivity contribution in [1.82, 2.24) is 10.0 Å². The summed E-state index contributed by atoms with van der Waals surface area (Å²) in [5, 5.41) is 5.25. The zero-order chi connectivity index (χ0) is 20.9. The third-order valence-electron chi connectivity index (χ3n) is 3.99. The predicted molar refractivity (Wildman–Crippen MR) is 106 cm³/mol. The Balaban J connectivity index is 1.50. The fourth-order valence-electron chi connectivity index (χ4n) is 2.65. The molecule has 10 heteroatoms. The molecule has 3 N–H and O–H groups in total. The molecule has 0 saturated carbocycles. The molecule has 0 unspecified atom stereocenters. The molecule has 0 aliphatic carbocycles. The number of rotatable bonds is 7. The van der Waals surface area contributed by atoms with E-state index < -0.39 is 10.0 Å². The summed E-state index contributed by atoms with van der Waals surface area (Å²) < 4.78 is 38.0. The number of anilines is 1. The van der Waals surface area contributed by atoms with Crippen molar-refractivity contribution in [3.63, 3.8) is 0 Å². The highest BCUT2D eigenvalue weighted by molar-refractivity contribution is 7.89. The molecule has 0 spiro atoms. The molecule has 0 atom stereocenters. The van der Waals surface area contributed by atoms with Crippen LogP contribution < -0.4 is 24.8 Å². The maximum Gasteiger partial charge on any atom is 0.251 e. The van der Waals surface area contributed by atoms with Crippen LogP contribution in [-0.4, -0.2) is 46.5 Å². The minimum absolute atomic E-state index is 0.0203. The van der Waals surface area contributed by atoms with Gasteiger partial charge in [-0.1, -0.05) is 0 Å². The largest absolute Gasteiger partial charge is 0.486 e. The van der Waals surface area contributed by atoms with E-state index in [0.717, 1.165) is 0 Å². The van der Waals surface area contributed by atoms with Crippen LogP contribution in [0.2, 0.25) is 0 Å². The molecule has 154 valence electrons. The number of sulfonamides is 1. The molecule has 0 saturated heterocycles. The molecular formula is C19H21N3O6S. The predicted octanol–water partition coefficient (Wildman–Crippen LogP) is 1.12. The maximum absolute atomic E-state index is 12.4. The summed E-state index contributed by atoms with van der Waals surface area (Å²) in [7, 11) is -3.75. The molecule has 2 aromatic rings. The molecule has 2 amide bonds. The lowest BCUT2D eigenvalue weighted by Crippen LogP contribution is -2.34. The van der Waals surface area contributed by atoms with Crippen molar-refractivity contribution in [2.75, 3.05) is 31.6 Å². The highest BCUT2D eigenvalue weighted by Crippen LogP contribution is 2.32. The average Bonchev–Trinajstić information content (AvgIpc) is 2.71. The fraction of sp³-hybridized carbons (Fsp3) is 0.263. The zero-order valence-corrected chi connectivity index (χ0v) is 16.5. The number of hydrogen-bond acceptors (Lipinski definition) is 6. The van der Waals surface area contributed by atoms with Crippen molar-refractivity contribution in [1.29, 1.82) is 0 Å². The number of carbonyl (C=O) groups excluding carboxylic acids is 2. The molecule has 9 nitrogen and oxygen atoms in total. The summed E-state index contributed by atoms with van der Waals surface area (Å²) in [6.45, 7) is 2.31. The lowest BCUT2D eigenvalue weighted by molar-refractivity contribution is -0.114. The van der Waals surface area contributed by atoms with Gasteiger partial charge in [0.05, 0.1) is 4.90 Å². The first kappa shape index (κ1) is 20.6. The second-order valence-corrected chi connectivity index (χ2v) is 7.98. The number of hydrogen-bond donors (Lipinski definition) is 3. The van der Waals surface area contributed by atoms with Gasteiger partial charge in [-0.2, -0.15) is 0 Å². The van der Waals surface area contributed by atoms with Gasteiger partial charge in [-0.3, -0.25) is 9.59 Å². The first-order valence-electron chi connectivity index (χ1n) is 8.90. The summed E-state index contributed by atoms with van der Waals surface area (Å²) in [5.74, 6) is 0.340. The van der Waals surface area contributed by atoms with Crippen LogP contribution in [0, 0.1) is 0 Å². The van der Waals surface area contributed by atoms with Crippen LogP contribution in [0.3, 0.4) is 0 Å². The molecule has 0 aromatic heterocycles. The van der Waals surface area contributed by atoms with E-state index in [0.29, 0.717) is 36.0 Å². The number of nitrogens with one attached hydrogen (secondary N) is 3. The molecule has 0 bridgehead atoms. The van der Waals surface area contributed by atoms with E-state index >= 15 is 0 Å². The quantitative estimate of drug-likeness (QED) is 0.578. The van der Waals surface area contributed by atoms with Crippen molar-refractivity contribution in [2.24, 2.45) is 0 Å². The Morgan fingerprint density at radius 2 is 1.66 bits per heavy atom. The summed E-state index contributed by atoms with van der Waals surface area (Å²) >= 11 is 0. The number of ether oxygens (including phenoxy) is 2. The Bertz CT molecular complexity index is 1010. The molecular weight excluding hydrogens is 398 g/mol. The lowest BCUT2D eigenvalue weighted by Gasteiger charge is -2.19. The van der Waals surface area contributed by atoms with Gasteiger partial charge in [0.2, 0.25) is 15.9 Å². The van der Waals surface area contributed by atoms with Gasteiger partial charge in [0.25, 0.3) is 5.91 Å². The second kappa shape index (κ2) is 8.93. The summed E-state index contributed by atoms with van der Waals surface area (Å²) in [4.78, 5) is 23.2. The minimum Gasteiger partial charge on any atom is -0.486 e. The normalized spacial score (nSPS) is 12.9. The standard InChI is InChI=1S/C19H21N3O6S/c1-13(23)22-15-4-2-14(3-5-15)19(24)20-8-9-21-29(25,26)16-6-7-17-18(12-16)28-11-10-27-17/h2-7,12,21H,8-11H2,1H3,(H,20,24)(H,22,23). The van der Waals surface area contributed by atoms with Gasteiger partial charge in [0.1, 0.15) is 13.2 Å². The highest BCUT2D eigenvalue weighted by atomic mass is 32.2. The van der Waals surface area contributed by atoms with Crippen molar-refractivity contribution in [3.05, 3.63) is 48.0 Å². The van der Waals surface area contributed by atoms with Crippen LogP contribution in [0.4, 0.5) is 5.69 Å². The first-order chi connectivity index (χ1) is 13.8. The number of benzene rings is 2. The van der Waals surface area contributed by atoms with Crippen LogP contribution in [-0.2, 0) is 14.8 Å². The third kappa shape index (κ3) is 5.46. The van der Waals surface area contributed by atoms with E-state index in [2.05, 4.69) is 15.4 Å². The van der Waals surface area contributed by atoms with Crippen LogP contribution in [0.15, 0.2) is 47.4 Å². The van der Waals surface area contributed by atoms with Gasteiger partial charge in [-0.05, 0) is 36.4 Å². The van der Waals surface area contributed by atoms with Crippen molar-refractivity contribution >= 4 is 27.5 Å². The average molecular weight is 419 g/mol. The Labute approximate surface area is 168 Å². The van der Waals surface area contributed by atoms with E-state index in [1.165, 1.54) is 19.1 Å². The van der Waals surface area contributed by atoms with Crippen LogP contribution >= 0.6 is 0 Å². The number of carbonyl (C=O) groups is 2. The van der Waals surface area contributed by atoms with Gasteiger partial charge >= 0.3 is 0 Å². The maximum atomic E-state index is 12.4. The van der Waals surface area contributed by atoms with Gasteiger partial charge in [0.15, 0.2) is 11.5 Å². The minimum atomic E-state index is -3.75. The van der Waals surface area contributed by atoms with E-state index in [4.69, 9.17) is 9.47 Å². The smallest absolute Gasteiger partial charge is 0.251 e. The lowest BCUT2D eigenvalue weighted by atomic mass is 10.2. The highest BCUT2D eigenvalue weighted by Gasteiger charge is 2.19. The Morgan fingerprint density at radius 1 is 0.966 bits per heavy atom. The first-order valence-corrected chi connectivity index (χ1v) is 10.4. The summed E-state index contributed by atoms with van der Waals surface area (Å²) in [5.41, 5.74) is 0.982. The van der Waals surface area contributed by atoms with Gasteiger partial charge < -0.3 is 20.1 Å². The Kier molecular flexibility index (Phi) is 6.35. The monoisotopic (exact) mass is 419 g/mol. The molecule has 1 aliphatic rings. The zero-order valence-electron chi connectivity index (χ0n) is 15.7. The molecule has 2 aromatic carbocycles. The summed E-state index contributed by atoms with van der Waals surface area (Å²) in [6.07, 6.45) is 0. The topological polar surface area (TPSA) is 123 Å². The number of fused-ring (bicyclic) bond motifs is 1. The molecule has 1 aliphatic heterocycles. The molecule has 0 radical (unpaired) electrons. The van der Waals surface area contributed by atoms with Crippen LogP contribution in [0.25, 0.3) is 0 Å². The fourth-order valence-corrected chi connectivity index (χ4v) is 3.69. The van der Waals surface area contributed by atoms with Gasteiger partial charge in [-0.15, -0.1) is 0 Å².